The summed E-state index contributed by atoms with van der Waals surface area (Å²) in [6.07, 6.45) is 5.06. The van der Waals surface area contributed by atoms with Gasteiger partial charge in [0.25, 0.3) is 0 Å². The van der Waals surface area contributed by atoms with Crippen LogP contribution in [0.2, 0.25) is 5.02 Å². The molecule has 160 valence electrons. The topological polar surface area (TPSA) is 83.0 Å². The molecule has 2 N–H and O–H groups in total. The van der Waals surface area contributed by atoms with Gasteiger partial charge in [0.15, 0.2) is 5.96 Å². The van der Waals surface area contributed by atoms with E-state index >= 15 is 0 Å². The van der Waals surface area contributed by atoms with Gasteiger partial charge in [0, 0.05) is 25.2 Å². The maximum absolute atomic E-state index is 12.7. The van der Waals surface area contributed by atoms with Crippen LogP contribution in [-0.2, 0) is 9.59 Å². The first kappa shape index (κ1) is 20.7. The SMILES string of the molecule is CN=C(NCCN1C(=O)C2C3C=CC(C3)C2C1=O)NCC(C)Oc1cccc(Cl)c1. The van der Waals surface area contributed by atoms with Crippen LogP contribution in [0.15, 0.2) is 41.4 Å². The molecule has 1 heterocycles. The highest BCUT2D eigenvalue weighted by atomic mass is 35.5. The average molecular weight is 431 g/mol. The van der Waals surface area contributed by atoms with E-state index in [1.165, 1.54) is 4.90 Å². The van der Waals surface area contributed by atoms with Gasteiger partial charge < -0.3 is 15.4 Å². The lowest BCUT2D eigenvalue weighted by molar-refractivity contribution is -0.140. The zero-order valence-corrected chi connectivity index (χ0v) is 17.9. The summed E-state index contributed by atoms with van der Waals surface area (Å²) in [6, 6.07) is 7.27. The standard InChI is InChI=1S/C22H27ClN4O3/c1-13(30-17-5-3-4-16(23)11-17)12-26-22(24-2)25-8-9-27-20(28)18-14-6-7-15(10-14)19(18)21(27)29/h3-7,11,13-15,18-19H,8-10,12H2,1-2H3,(H2,24,25,26). The highest BCUT2D eigenvalue weighted by Crippen LogP contribution is 2.52. The number of likely N-dealkylation sites (tertiary alicyclic amines) is 1. The Balaban J connectivity index is 1.22. The number of benzene rings is 1. The number of hydrogen-bond acceptors (Lipinski definition) is 4. The molecule has 2 bridgehead atoms. The number of hydrogen-bond donors (Lipinski definition) is 2. The highest BCUT2D eigenvalue weighted by molar-refractivity contribution is 6.30. The van der Waals surface area contributed by atoms with Crippen molar-refractivity contribution in [3.05, 3.63) is 41.4 Å². The van der Waals surface area contributed by atoms with Crippen molar-refractivity contribution < 1.29 is 14.3 Å². The summed E-state index contributed by atoms with van der Waals surface area (Å²) >= 11 is 5.98. The van der Waals surface area contributed by atoms with Crippen molar-refractivity contribution in [1.82, 2.24) is 15.5 Å². The van der Waals surface area contributed by atoms with E-state index in [0.29, 0.717) is 36.4 Å². The molecule has 30 heavy (non-hydrogen) atoms. The Morgan fingerprint density at radius 3 is 2.57 bits per heavy atom. The number of nitrogens with one attached hydrogen (secondary N) is 2. The van der Waals surface area contributed by atoms with Gasteiger partial charge in [-0.2, -0.15) is 0 Å². The number of ether oxygens (including phenoxy) is 1. The van der Waals surface area contributed by atoms with Crippen LogP contribution in [0.25, 0.3) is 0 Å². The zero-order valence-electron chi connectivity index (χ0n) is 17.2. The van der Waals surface area contributed by atoms with Gasteiger partial charge in [-0.15, -0.1) is 0 Å². The molecule has 2 aliphatic carbocycles. The maximum atomic E-state index is 12.7. The summed E-state index contributed by atoms with van der Waals surface area (Å²) in [7, 11) is 1.68. The number of amides is 2. The molecule has 4 rings (SSSR count). The Morgan fingerprint density at radius 2 is 1.93 bits per heavy atom. The minimum Gasteiger partial charge on any atom is -0.489 e. The van der Waals surface area contributed by atoms with E-state index in [0.717, 1.165) is 6.42 Å². The third-order valence-corrected chi connectivity index (χ3v) is 6.34. The minimum atomic E-state index is -0.144. The lowest BCUT2D eigenvalue weighted by atomic mass is 9.85. The Morgan fingerprint density at radius 1 is 1.23 bits per heavy atom. The van der Waals surface area contributed by atoms with Crippen LogP contribution < -0.4 is 15.4 Å². The molecule has 1 aromatic carbocycles. The normalized spacial score (nSPS) is 28.1. The van der Waals surface area contributed by atoms with Crippen LogP contribution in [-0.4, -0.2) is 55.5 Å². The molecule has 5 unspecified atom stereocenters. The maximum Gasteiger partial charge on any atom is 0.233 e. The van der Waals surface area contributed by atoms with E-state index in [4.69, 9.17) is 16.3 Å². The van der Waals surface area contributed by atoms with Crippen molar-refractivity contribution in [3.63, 3.8) is 0 Å². The summed E-state index contributed by atoms with van der Waals surface area (Å²) in [6.45, 7) is 3.28. The molecule has 2 amide bonds. The third kappa shape index (κ3) is 4.03. The monoisotopic (exact) mass is 430 g/mol. The van der Waals surface area contributed by atoms with Crippen LogP contribution in [0.3, 0.4) is 0 Å². The fourth-order valence-electron chi connectivity index (χ4n) is 4.75. The van der Waals surface area contributed by atoms with Crippen molar-refractivity contribution in [1.29, 1.82) is 0 Å². The largest absolute Gasteiger partial charge is 0.489 e. The molecule has 5 atom stereocenters. The molecule has 2 fully saturated rings. The number of nitrogens with zero attached hydrogens (tertiary/aromatic N) is 2. The average Bonchev–Trinajstić information content (AvgIpc) is 3.40. The molecular weight excluding hydrogens is 404 g/mol. The second-order valence-electron chi connectivity index (χ2n) is 8.09. The fourth-order valence-corrected chi connectivity index (χ4v) is 4.93. The molecule has 7 nitrogen and oxygen atoms in total. The summed E-state index contributed by atoms with van der Waals surface area (Å²) in [5.74, 6) is 1.46. The highest BCUT2D eigenvalue weighted by Gasteiger charge is 2.58. The molecule has 1 saturated heterocycles. The van der Waals surface area contributed by atoms with Crippen LogP contribution in [0, 0.1) is 23.7 Å². The molecule has 1 aromatic rings. The number of carbonyl (C=O) groups excluding carboxylic acids is 2. The molecule has 0 spiro atoms. The Bertz CT molecular complexity index is 857. The zero-order chi connectivity index (χ0) is 21.3. The predicted molar refractivity (Wildman–Crippen MR) is 115 cm³/mol. The number of imide groups is 1. The number of halogens is 1. The van der Waals surface area contributed by atoms with E-state index in [1.54, 1.807) is 19.2 Å². The third-order valence-electron chi connectivity index (χ3n) is 6.10. The molecule has 0 aromatic heterocycles. The second-order valence-corrected chi connectivity index (χ2v) is 8.53. The summed E-state index contributed by atoms with van der Waals surface area (Å²) in [5, 5.41) is 7.00. The number of guanidine groups is 1. The Kier molecular flexibility index (Phi) is 5.99. The van der Waals surface area contributed by atoms with E-state index in [1.807, 2.05) is 19.1 Å². The van der Waals surface area contributed by atoms with Gasteiger partial charge in [-0.3, -0.25) is 19.5 Å². The fraction of sp³-hybridized carbons (Fsp3) is 0.500. The molecular formula is C22H27ClN4O3. The first-order valence-corrected chi connectivity index (χ1v) is 10.8. The lowest BCUT2D eigenvalue weighted by Crippen LogP contribution is -2.45. The van der Waals surface area contributed by atoms with E-state index in [2.05, 4.69) is 27.8 Å². The first-order valence-electron chi connectivity index (χ1n) is 10.4. The van der Waals surface area contributed by atoms with Gasteiger partial charge in [0.05, 0.1) is 18.4 Å². The van der Waals surface area contributed by atoms with E-state index in [-0.39, 0.29) is 41.6 Å². The molecule has 8 heteroatoms. The molecule has 1 saturated carbocycles. The number of allylic oxidation sites excluding steroid dienone is 2. The smallest absolute Gasteiger partial charge is 0.233 e. The van der Waals surface area contributed by atoms with Crippen LogP contribution in [0.4, 0.5) is 0 Å². The van der Waals surface area contributed by atoms with Gasteiger partial charge in [0.1, 0.15) is 11.9 Å². The minimum absolute atomic E-state index is 0.0184. The van der Waals surface area contributed by atoms with Gasteiger partial charge >= 0.3 is 0 Å². The van der Waals surface area contributed by atoms with Gasteiger partial charge in [0.2, 0.25) is 11.8 Å². The summed E-state index contributed by atoms with van der Waals surface area (Å²) in [4.78, 5) is 31.1. The van der Waals surface area contributed by atoms with Crippen molar-refractivity contribution >= 4 is 29.4 Å². The van der Waals surface area contributed by atoms with Gasteiger partial charge in [-0.05, 0) is 43.4 Å². The summed E-state index contributed by atoms with van der Waals surface area (Å²) < 4.78 is 5.84. The predicted octanol–water partition coefficient (Wildman–Crippen LogP) is 2.08. The number of carbonyl (C=O) groups is 2. The van der Waals surface area contributed by atoms with E-state index < -0.39 is 0 Å². The molecule has 1 aliphatic heterocycles. The first-order chi connectivity index (χ1) is 14.5. The molecule has 0 radical (unpaired) electrons. The van der Waals surface area contributed by atoms with Crippen molar-refractivity contribution in [2.24, 2.45) is 28.7 Å². The van der Waals surface area contributed by atoms with Crippen LogP contribution in [0.5, 0.6) is 5.75 Å². The van der Waals surface area contributed by atoms with Crippen LogP contribution >= 0.6 is 11.6 Å². The number of aliphatic imine (C=N–C) groups is 1. The van der Waals surface area contributed by atoms with Gasteiger partial charge in [-0.1, -0.05) is 29.8 Å². The molecule has 3 aliphatic rings. The summed E-state index contributed by atoms with van der Waals surface area (Å²) in [5.41, 5.74) is 0. The second kappa shape index (κ2) is 8.68. The van der Waals surface area contributed by atoms with Crippen molar-refractivity contribution in [2.45, 2.75) is 19.4 Å². The van der Waals surface area contributed by atoms with Gasteiger partial charge in [-0.25, -0.2) is 0 Å². The number of rotatable bonds is 7. The number of fused-ring (bicyclic) bond motifs is 5. The van der Waals surface area contributed by atoms with Crippen LogP contribution in [0.1, 0.15) is 13.3 Å². The van der Waals surface area contributed by atoms with Crippen molar-refractivity contribution in [2.75, 3.05) is 26.7 Å². The Labute approximate surface area is 181 Å². The van der Waals surface area contributed by atoms with E-state index in [9.17, 15) is 9.59 Å². The lowest BCUT2D eigenvalue weighted by Gasteiger charge is -2.20. The van der Waals surface area contributed by atoms with Crippen molar-refractivity contribution in [3.8, 4) is 5.75 Å². The quantitative estimate of drug-likeness (QED) is 0.299. The Hall–Kier alpha value is -2.54.